The van der Waals surface area contributed by atoms with E-state index in [2.05, 4.69) is 5.32 Å². The first-order valence-electron chi connectivity index (χ1n) is 9.40. The Morgan fingerprint density at radius 3 is 2.78 bits per heavy atom. The molecule has 1 fully saturated rings. The maximum Gasteiger partial charge on any atom is 0.238 e. The highest BCUT2D eigenvalue weighted by Crippen LogP contribution is 2.50. The number of anilines is 1. The molecule has 2 amide bonds. The zero-order chi connectivity index (χ0) is 19.2. The smallest absolute Gasteiger partial charge is 0.238 e. The fraction of sp³-hybridized carbons (Fsp3) is 0.364. The number of nitrogens with one attached hydrogen (secondary N) is 1. The average Bonchev–Trinajstić information content (AvgIpc) is 2.61. The van der Waals surface area contributed by atoms with Gasteiger partial charge in [0.25, 0.3) is 0 Å². The second kappa shape index (κ2) is 6.41. The predicted molar refractivity (Wildman–Crippen MR) is 104 cm³/mol. The average molecular weight is 364 g/mol. The van der Waals surface area contributed by atoms with Crippen LogP contribution in [0.4, 0.5) is 5.69 Å². The van der Waals surface area contributed by atoms with Gasteiger partial charge in [0.05, 0.1) is 0 Å². The molecule has 4 rings (SSSR count). The maximum absolute atomic E-state index is 13.3. The molecule has 140 valence electrons. The van der Waals surface area contributed by atoms with Crippen LogP contribution in [0, 0.1) is 12.8 Å². The number of aryl methyl sites for hydroxylation is 1. The number of nitrogens with zero attached hydrogens (tertiary/aromatic N) is 1. The van der Waals surface area contributed by atoms with Crippen molar-refractivity contribution in [2.24, 2.45) is 5.92 Å². The molecule has 5 heteroatoms. The van der Waals surface area contributed by atoms with E-state index in [0.29, 0.717) is 18.7 Å². The molecule has 2 bridgehead atoms. The number of hydrogen-bond donors (Lipinski definition) is 1. The number of benzene rings is 2. The van der Waals surface area contributed by atoms with Crippen molar-refractivity contribution in [1.29, 1.82) is 0 Å². The number of hydrogen-bond acceptors (Lipinski definition) is 3. The molecule has 0 aliphatic carbocycles. The van der Waals surface area contributed by atoms with Crippen LogP contribution in [0.15, 0.2) is 48.5 Å². The SMILES string of the molecule is CCN1C(=O)[C@H](C(=O)Nc2cccc(C)c2)[C@@H]2C[C@]1(C)Oc1ccccc12. The normalized spacial score (nSPS) is 26.2. The molecule has 0 unspecified atom stereocenters. The van der Waals surface area contributed by atoms with Crippen LogP contribution in [-0.2, 0) is 9.59 Å². The van der Waals surface area contributed by atoms with Crippen molar-refractivity contribution < 1.29 is 14.3 Å². The van der Waals surface area contributed by atoms with Gasteiger partial charge >= 0.3 is 0 Å². The van der Waals surface area contributed by atoms with Crippen LogP contribution >= 0.6 is 0 Å². The Morgan fingerprint density at radius 1 is 1.26 bits per heavy atom. The molecule has 0 spiro atoms. The molecule has 0 radical (unpaired) electrons. The molecule has 2 aliphatic heterocycles. The summed E-state index contributed by atoms with van der Waals surface area (Å²) in [4.78, 5) is 28.1. The van der Waals surface area contributed by atoms with E-state index in [1.54, 1.807) is 4.90 Å². The van der Waals surface area contributed by atoms with Crippen LogP contribution in [-0.4, -0.2) is 29.0 Å². The Hall–Kier alpha value is -2.82. The lowest BCUT2D eigenvalue weighted by atomic mass is 9.73. The molecule has 2 aromatic rings. The van der Waals surface area contributed by atoms with Crippen molar-refractivity contribution >= 4 is 17.5 Å². The summed E-state index contributed by atoms with van der Waals surface area (Å²) in [6.07, 6.45) is 0.607. The molecule has 0 aromatic heterocycles. The molecule has 3 atom stereocenters. The molecular weight excluding hydrogens is 340 g/mol. The van der Waals surface area contributed by atoms with Crippen molar-refractivity contribution in [2.45, 2.75) is 38.8 Å². The van der Waals surface area contributed by atoms with Gasteiger partial charge in [-0.15, -0.1) is 0 Å². The molecule has 1 saturated heterocycles. The summed E-state index contributed by atoms with van der Waals surface area (Å²) in [6, 6.07) is 15.3. The Kier molecular flexibility index (Phi) is 4.17. The summed E-state index contributed by atoms with van der Waals surface area (Å²) in [5, 5.41) is 2.95. The summed E-state index contributed by atoms with van der Waals surface area (Å²) in [7, 11) is 0. The van der Waals surface area contributed by atoms with Gasteiger partial charge in [-0.25, -0.2) is 0 Å². The van der Waals surface area contributed by atoms with Gasteiger partial charge in [-0.05, 0) is 50.1 Å². The minimum absolute atomic E-state index is 0.170. The van der Waals surface area contributed by atoms with Gasteiger partial charge in [-0.3, -0.25) is 9.59 Å². The van der Waals surface area contributed by atoms with E-state index in [4.69, 9.17) is 4.74 Å². The summed E-state index contributed by atoms with van der Waals surface area (Å²) >= 11 is 0. The number of para-hydroxylation sites is 1. The van der Waals surface area contributed by atoms with Gasteiger partial charge in [-0.2, -0.15) is 0 Å². The fourth-order valence-corrected chi connectivity index (χ4v) is 4.44. The van der Waals surface area contributed by atoms with E-state index < -0.39 is 11.6 Å². The summed E-state index contributed by atoms with van der Waals surface area (Å²) < 4.78 is 6.20. The van der Waals surface area contributed by atoms with Crippen molar-refractivity contribution in [3.63, 3.8) is 0 Å². The third-order valence-corrected chi connectivity index (χ3v) is 5.64. The van der Waals surface area contributed by atoms with E-state index in [9.17, 15) is 9.59 Å². The zero-order valence-corrected chi connectivity index (χ0v) is 15.9. The number of piperidine rings is 1. The van der Waals surface area contributed by atoms with Crippen LogP contribution < -0.4 is 10.1 Å². The molecule has 2 aliphatic rings. The van der Waals surface area contributed by atoms with Gasteiger partial charge in [0.15, 0.2) is 5.72 Å². The standard InChI is InChI=1S/C22H24N2O3/c1-4-24-21(26)19(20(25)23-15-9-7-8-14(2)12-15)17-13-22(24,3)27-18-11-6-5-10-16(17)18/h5-12,17,19H,4,13H2,1-3H3,(H,23,25)/t17-,19+,22+/m1/s1. The van der Waals surface area contributed by atoms with Gasteiger partial charge in [0.1, 0.15) is 11.7 Å². The monoisotopic (exact) mass is 364 g/mol. The molecule has 2 heterocycles. The van der Waals surface area contributed by atoms with Crippen LogP contribution in [0.3, 0.4) is 0 Å². The van der Waals surface area contributed by atoms with Crippen LogP contribution in [0.2, 0.25) is 0 Å². The summed E-state index contributed by atoms with van der Waals surface area (Å²) in [5.41, 5.74) is 1.99. The fourth-order valence-electron chi connectivity index (χ4n) is 4.44. The highest BCUT2D eigenvalue weighted by atomic mass is 16.5. The number of fused-ring (bicyclic) bond motifs is 4. The third kappa shape index (κ3) is 2.87. The Labute approximate surface area is 159 Å². The predicted octanol–water partition coefficient (Wildman–Crippen LogP) is 3.69. The van der Waals surface area contributed by atoms with Gasteiger partial charge < -0.3 is 15.0 Å². The van der Waals surface area contributed by atoms with Crippen molar-refractivity contribution in [3.05, 3.63) is 59.7 Å². The molecule has 2 aromatic carbocycles. The Balaban J connectivity index is 1.73. The topological polar surface area (TPSA) is 58.6 Å². The number of likely N-dealkylation sites (tertiary alicyclic amines) is 1. The number of carbonyl (C=O) groups is 2. The van der Waals surface area contributed by atoms with E-state index in [0.717, 1.165) is 16.9 Å². The second-order valence-corrected chi connectivity index (χ2v) is 7.54. The minimum atomic E-state index is -0.761. The maximum atomic E-state index is 13.3. The Bertz CT molecular complexity index is 910. The molecule has 5 nitrogen and oxygen atoms in total. The van der Waals surface area contributed by atoms with Crippen molar-refractivity contribution in [3.8, 4) is 5.75 Å². The largest absolute Gasteiger partial charge is 0.468 e. The molecule has 0 saturated carbocycles. The summed E-state index contributed by atoms with van der Waals surface area (Å²) in [6.45, 7) is 6.33. The van der Waals surface area contributed by atoms with Gasteiger partial charge in [0, 0.05) is 24.6 Å². The number of rotatable bonds is 3. The second-order valence-electron chi connectivity index (χ2n) is 7.54. The van der Waals surface area contributed by atoms with Crippen LogP contribution in [0.25, 0.3) is 0 Å². The van der Waals surface area contributed by atoms with Crippen molar-refractivity contribution in [2.75, 3.05) is 11.9 Å². The Morgan fingerprint density at radius 2 is 2.04 bits per heavy atom. The van der Waals surface area contributed by atoms with Crippen molar-refractivity contribution in [1.82, 2.24) is 4.90 Å². The lowest BCUT2D eigenvalue weighted by Gasteiger charge is -2.52. The lowest BCUT2D eigenvalue weighted by Crippen LogP contribution is -2.64. The zero-order valence-electron chi connectivity index (χ0n) is 15.9. The molecule has 27 heavy (non-hydrogen) atoms. The summed E-state index contributed by atoms with van der Waals surface area (Å²) in [5.74, 6) is -0.622. The van der Waals surface area contributed by atoms with E-state index in [1.165, 1.54) is 0 Å². The third-order valence-electron chi connectivity index (χ3n) is 5.64. The van der Waals surface area contributed by atoms with E-state index >= 15 is 0 Å². The first-order valence-corrected chi connectivity index (χ1v) is 9.40. The highest BCUT2D eigenvalue weighted by molar-refractivity contribution is 6.08. The molecule has 1 N–H and O–H groups in total. The van der Waals surface area contributed by atoms with Gasteiger partial charge in [-0.1, -0.05) is 30.3 Å². The highest BCUT2D eigenvalue weighted by Gasteiger charge is 2.55. The number of carbonyl (C=O) groups excluding carboxylic acids is 2. The van der Waals surface area contributed by atoms with Crippen LogP contribution in [0.5, 0.6) is 5.75 Å². The lowest BCUT2D eigenvalue weighted by molar-refractivity contribution is -0.174. The first-order chi connectivity index (χ1) is 12.9. The number of amides is 2. The van der Waals surface area contributed by atoms with Gasteiger partial charge in [0.2, 0.25) is 11.8 Å². The van der Waals surface area contributed by atoms with E-state index in [1.807, 2.05) is 69.3 Å². The minimum Gasteiger partial charge on any atom is -0.468 e. The van der Waals surface area contributed by atoms with E-state index in [-0.39, 0.29) is 17.7 Å². The first kappa shape index (κ1) is 17.6. The number of ether oxygens (including phenoxy) is 1. The quantitative estimate of drug-likeness (QED) is 0.845. The molecular formula is C22H24N2O3. The van der Waals surface area contributed by atoms with Crippen LogP contribution in [0.1, 0.15) is 37.3 Å².